The summed E-state index contributed by atoms with van der Waals surface area (Å²) in [7, 11) is -1.67. The Bertz CT molecular complexity index is 692. The van der Waals surface area contributed by atoms with E-state index in [9.17, 15) is 8.42 Å². The molecule has 20 heavy (non-hydrogen) atoms. The van der Waals surface area contributed by atoms with E-state index < -0.39 is 10.0 Å². The quantitative estimate of drug-likeness (QED) is 0.862. The highest BCUT2D eigenvalue weighted by atomic mass is 32.2. The number of hydrogen-bond acceptors (Lipinski definition) is 4. The molecule has 1 atom stereocenters. The van der Waals surface area contributed by atoms with Crippen molar-refractivity contribution in [3.8, 4) is 0 Å². The second-order valence-corrected chi connectivity index (χ2v) is 7.60. The molecule has 1 aromatic heterocycles. The third-order valence-electron chi connectivity index (χ3n) is 3.19. The van der Waals surface area contributed by atoms with Crippen LogP contribution in [0.3, 0.4) is 0 Å². The molecule has 2 N–H and O–H groups in total. The first kappa shape index (κ1) is 15.4. The summed E-state index contributed by atoms with van der Waals surface area (Å²) in [5.74, 6) is 0. The topological polar surface area (TPSA) is 58.2 Å². The Kier molecular flexibility index (Phi) is 4.80. The van der Waals surface area contributed by atoms with E-state index in [2.05, 4.69) is 10.0 Å². The Morgan fingerprint density at radius 1 is 1.30 bits per heavy atom. The number of hydrogen-bond donors (Lipinski definition) is 2. The van der Waals surface area contributed by atoms with Crippen LogP contribution in [0, 0.1) is 0 Å². The largest absolute Gasteiger partial charge is 0.315 e. The number of benzene rings is 1. The van der Waals surface area contributed by atoms with Crippen LogP contribution in [0.15, 0.2) is 29.2 Å². The highest BCUT2D eigenvalue weighted by Crippen LogP contribution is 2.34. The van der Waals surface area contributed by atoms with Crippen LogP contribution < -0.4 is 10.0 Å². The maximum Gasteiger partial charge on any atom is 0.242 e. The van der Waals surface area contributed by atoms with Crippen molar-refractivity contribution >= 4 is 31.4 Å². The molecule has 0 aliphatic heterocycles. The van der Waals surface area contributed by atoms with Crippen molar-refractivity contribution < 1.29 is 8.42 Å². The molecule has 4 nitrogen and oxygen atoms in total. The van der Waals surface area contributed by atoms with Gasteiger partial charge >= 0.3 is 0 Å². The van der Waals surface area contributed by atoms with Gasteiger partial charge in [-0.2, -0.15) is 0 Å². The molecular formula is C14H20N2O2S2. The number of fused-ring (bicyclic) bond motifs is 1. The SMILES string of the molecule is CCC(C)NS(=O)(=O)c1c(CNC)sc2ccccc12. The number of sulfonamides is 1. The lowest BCUT2D eigenvalue weighted by Gasteiger charge is -2.13. The zero-order valence-corrected chi connectivity index (χ0v) is 13.6. The van der Waals surface area contributed by atoms with Gasteiger partial charge in [-0.05, 0) is 26.5 Å². The third kappa shape index (κ3) is 3.03. The summed E-state index contributed by atoms with van der Waals surface area (Å²) in [6, 6.07) is 7.57. The lowest BCUT2D eigenvalue weighted by Crippen LogP contribution is -2.32. The van der Waals surface area contributed by atoms with Gasteiger partial charge in [-0.1, -0.05) is 25.1 Å². The first-order valence-corrected chi connectivity index (χ1v) is 8.97. The summed E-state index contributed by atoms with van der Waals surface area (Å²) in [5.41, 5.74) is 0. The molecule has 1 heterocycles. The van der Waals surface area contributed by atoms with Gasteiger partial charge in [0.05, 0.1) is 0 Å². The smallest absolute Gasteiger partial charge is 0.242 e. The standard InChI is InChI=1S/C14H20N2O2S2/c1-4-10(2)16-20(17,18)14-11-7-5-6-8-12(11)19-13(14)9-15-3/h5-8,10,15-16H,4,9H2,1-3H3. The van der Waals surface area contributed by atoms with Crippen LogP contribution in [0.5, 0.6) is 0 Å². The van der Waals surface area contributed by atoms with Gasteiger partial charge in [-0.25, -0.2) is 13.1 Å². The molecule has 0 saturated carbocycles. The predicted molar refractivity (Wildman–Crippen MR) is 84.7 cm³/mol. The van der Waals surface area contributed by atoms with E-state index in [-0.39, 0.29) is 6.04 Å². The third-order valence-corrected chi connectivity index (χ3v) is 6.21. The molecule has 0 bridgehead atoms. The second kappa shape index (κ2) is 6.22. The first-order valence-electron chi connectivity index (χ1n) is 6.67. The van der Waals surface area contributed by atoms with Crippen molar-refractivity contribution in [2.45, 2.75) is 37.8 Å². The fraction of sp³-hybridized carbons (Fsp3) is 0.429. The van der Waals surface area contributed by atoms with Gasteiger partial charge < -0.3 is 5.32 Å². The summed E-state index contributed by atoms with van der Waals surface area (Å²) in [6.07, 6.45) is 0.767. The second-order valence-electron chi connectivity index (χ2n) is 4.81. The van der Waals surface area contributed by atoms with Gasteiger partial charge in [0.1, 0.15) is 4.90 Å². The van der Waals surface area contributed by atoms with Crippen molar-refractivity contribution in [2.24, 2.45) is 0 Å². The first-order chi connectivity index (χ1) is 9.49. The van der Waals surface area contributed by atoms with Crippen molar-refractivity contribution in [2.75, 3.05) is 7.05 Å². The summed E-state index contributed by atoms with van der Waals surface area (Å²) < 4.78 is 29.0. The van der Waals surface area contributed by atoms with Gasteiger partial charge in [-0.15, -0.1) is 11.3 Å². The maximum atomic E-state index is 12.6. The maximum absolute atomic E-state index is 12.6. The van der Waals surface area contributed by atoms with Gasteiger partial charge in [0.15, 0.2) is 0 Å². The molecule has 0 saturated heterocycles. The highest BCUT2D eigenvalue weighted by molar-refractivity contribution is 7.90. The van der Waals surface area contributed by atoms with Crippen LogP contribution in [0.2, 0.25) is 0 Å². The molecule has 2 rings (SSSR count). The van der Waals surface area contributed by atoms with Crippen LogP contribution in [-0.4, -0.2) is 21.5 Å². The van der Waals surface area contributed by atoms with Crippen molar-refractivity contribution in [1.82, 2.24) is 10.0 Å². The molecule has 0 fully saturated rings. The van der Waals surface area contributed by atoms with E-state index in [1.54, 1.807) is 0 Å². The minimum atomic E-state index is -3.49. The monoisotopic (exact) mass is 312 g/mol. The van der Waals surface area contributed by atoms with Gasteiger partial charge in [0.2, 0.25) is 10.0 Å². The fourth-order valence-corrected chi connectivity index (χ4v) is 5.33. The molecule has 1 unspecified atom stereocenters. The van der Waals surface area contributed by atoms with E-state index in [0.717, 1.165) is 21.4 Å². The van der Waals surface area contributed by atoms with E-state index in [0.29, 0.717) is 11.4 Å². The molecule has 0 aliphatic rings. The number of rotatable bonds is 6. The molecule has 2 aromatic rings. The molecular weight excluding hydrogens is 292 g/mol. The van der Waals surface area contributed by atoms with Crippen molar-refractivity contribution in [1.29, 1.82) is 0 Å². The van der Waals surface area contributed by atoms with Gasteiger partial charge in [0.25, 0.3) is 0 Å². The van der Waals surface area contributed by atoms with Crippen LogP contribution in [0.1, 0.15) is 25.1 Å². The lowest BCUT2D eigenvalue weighted by molar-refractivity contribution is 0.556. The summed E-state index contributed by atoms with van der Waals surface area (Å²) >= 11 is 1.53. The fourth-order valence-electron chi connectivity index (χ4n) is 2.05. The Labute approximate surface area is 124 Å². The highest BCUT2D eigenvalue weighted by Gasteiger charge is 2.25. The number of nitrogens with one attached hydrogen (secondary N) is 2. The Hall–Kier alpha value is -0.950. The molecule has 6 heteroatoms. The van der Waals surface area contributed by atoms with E-state index in [4.69, 9.17) is 0 Å². The van der Waals surface area contributed by atoms with Gasteiger partial charge in [0, 0.05) is 27.5 Å². The van der Waals surface area contributed by atoms with E-state index in [1.165, 1.54) is 11.3 Å². The molecule has 110 valence electrons. The molecule has 0 aliphatic carbocycles. The Balaban J connectivity index is 2.58. The molecule has 0 amide bonds. The summed E-state index contributed by atoms with van der Waals surface area (Å²) in [6.45, 7) is 4.40. The van der Waals surface area contributed by atoms with Crippen LogP contribution in [0.25, 0.3) is 10.1 Å². The van der Waals surface area contributed by atoms with Gasteiger partial charge in [-0.3, -0.25) is 0 Å². The minimum absolute atomic E-state index is 0.0684. The van der Waals surface area contributed by atoms with Crippen molar-refractivity contribution in [3.05, 3.63) is 29.1 Å². The predicted octanol–water partition coefficient (Wildman–Crippen LogP) is 2.70. The number of thiophene rings is 1. The van der Waals surface area contributed by atoms with Crippen LogP contribution in [-0.2, 0) is 16.6 Å². The Morgan fingerprint density at radius 3 is 2.65 bits per heavy atom. The normalized spacial score (nSPS) is 13.8. The van der Waals surface area contributed by atoms with Crippen LogP contribution in [0.4, 0.5) is 0 Å². The average Bonchev–Trinajstić information content (AvgIpc) is 2.77. The summed E-state index contributed by atoms with van der Waals surface area (Å²) in [5, 5.41) is 3.85. The zero-order chi connectivity index (χ0) is 14.8. The zero-order valence-electron chi connectivity index (χ0n) is 11.9. The minimum Gasteiger partial charge on any atom is -0.315 e. The average molecular weight is 312 g/mol. The molecule has 0 spiro atoms. The summed E-state index contributed by atoms with van der Waals surface area (Å²) in [4.78, 5) is 1.28. The van der Waals surface area contributed by atoms with E-state index in [1.807, 2.05) is 45.2 Å². The molecule has 1 aromatic carbocycles. The van der Waals surface area contributed by atoms with Crippen LogP contribution >= 0.6 is 11.3 Å². The lowest BCUT2D eigenvalue weighted by atomic mass is 10.2. The molecule has 0 radical (unpaired) electrons. The van der Waals surface area contributed by atoms with E-state index >= 15 is 0 Å². The van der Waals surface area contributed by atoms with Crippen molar-refractivity contribution in [3.63, 3.8) is 0 Å². The Morgan fingerprint density at radius 2 is 2.00 bits per heavy atom.